The fourth-order valence-corrected chi connectivity index (χ4v) is 8.14. The highest BCUT2D eigenvalue weighted by molar-refractivity contribution is 5.96. The first-order chi connectivity index (χ1) is 16.8. The Labute approximate surface area is 213 Å². The molecule has 8 heteroatoms. The van der Waals surface area contributed by atoms with Gasteiger partial charge in [-0.3, -0.25) is 9.59 Å². The Hall–Kier alpha value is -2.22. The number of hydrogen-bond acceptors (Lipinski definition) is 6. The second-order valence-corrected chi connectivity index (χ2v) is 12.4. The molecule has 200 valence electrons. The number of ketones is 1. The summed E-state index contributed by atoms with van der Waals surface area (Å²) in [5, 5.41) is 27.2. The molecule has 0 bridgehead atoms. The van der Waals surface area contributed by atoms with Gasteiger partial charge >= 0.3 is 5.97 Å². The van der Waals surface area contributed by atoms with Gasteiger partial charge in [0.2, 0.25) is 0 Å². The maximum atomic E-state index is 12.4. The molecule has 4 aliphatic rings. The minimum atomic E-state index is -1.19. The maximum Gasteiger partial charge on any atom is 0.326 e. The van der Waals surface area contributed by atoms with Gasteiger partial charge in [0.05, 0.1) is 5.71 Å². The number of carboxylic acids is 1. The number of hydrogen-bond donors (Lipinski definition) is 3. The van der Waals surface area contributed by atoms with Crippen molar-refractivity contribution in [1.29, 1.82) is 0 Å². The van der Waals surface area contributed by atoms with E-state index >= 15 is 0 Å². The summed E-state index contributed by atoms with van der Waals surface area (Å²) < 4.78 is 0. The van der Waals surface area contributed by atoms with E-state index in [1.54, 1.807) is 20.8 Å². The monoisotopic (exact) mass is 502 g/mol. The SMILES string of the molecule is CC(=O)[C@]1(O)CC[C@H]2[C@@H]3CCC4=C/C(=N\OCC(=O)N[C@H](C(=O)O)C(C)C)CC[C@]4(C)[C@H]3CC[C@@]21C. The zero-order valence-corrected chi connectivity index (χ0v) is 22.3. The third kappa shape index (κ3) is 4.29. The molecule has 0 aromatic heterocycles. The van der Waals surface area contributed by atoms with Crippen molar-refractivity contribution >= 4 is 23.4 Å². The fraction of sp³-hybridized carbons (Fsp3) is 0.786. The van der Waals surface area contributed by atoms with E-state index in [4.69, 9.17) is 4.84 Å². The molecule has 7 atom stereocenters. The normalized spacial score (nSPS) is 39.5. The first-order valence-electron chi connectivity index (χ1n) is 13.5. The number of aliphatic carboxylic acids is 1. The van der Waals surface area contributed by atoms with E-state index in [0.29, 0.717) is 24.2 Å². The van der Waals surface area contributed by atoms with Gasteiger partial charge in [-0.25, -0.2) is 4.79 Å². The van der Waals surface area contributed by atoms with Crippen LogP contribution in [0.2, 0.25) is 0 Å². The number of nitrogens with one attached hydrogen (secondary N) is 1. The van der Waals surface area contributed by atoms with Crippen LogP contribution < -0.4 is 5.32 Å². The first kappa shape index (κ1) is 26.8. The third-order valence-corrected chi connectivity index (χ3v) is 10.3. The van der Waals surface area contributed by atoms with Crippen LogP contribution in [0.4, 0.5) is 0 Å². The van der Waals surface area contributed by atoms with Crippen LogP contribution in [0.25, 0.3) is 0 Å². The van der Waals surface area contributed by atoms with Crippen LogP contribution >= 0.6 is 0 Å². The fourth-order valence-electron chi connectivity index (χ4n) is 8.14. The van der Waals surface area contributed by atoms with E-state index in [2.05, 4.69) is 30.4 Å². The van der Waals surface area contributed by atoms with Crippen LogP contribution in [-0.2, 0) is 19.2 Å². The largest absolute Gasteiger partial charge is 0.480 e. The van der Waals surface area contributed by atoms with Gasteiger partial charge in [-0.05, 0) is 93.5 Å². The topological polar surface area (TPSA) is 125 Å². The zero-order chi connectivity index (χ0) is 26.5. The van der Waals surface area contributed by atoms with Gasteiger partial charge in [0.1, 0.15) is 11.6 Å². The highest BCUT2D eigenvalue weighted by atomic mass is 16.6. The predicted octanol–water partition coefficient (Wildman–Crippen LogP) is 3.87. The Morgan fingerprint density at radius 2 is 1.81 bits per heavy atom. The van der Waals surface area contributed by atoms with Gasteiger partial charge in [-0.15, -0.1) is 0 Å². The first-order valence-corrected chi connectivity index (χ1v) is 13.5. The van der Waals surface area contributed by atoms with Gasteiger partial charge in [0.25, 0.3) is 5.91 Å². The van der Waals surface area contributed by atoms with Crippen molar-refractivity contribution in [2.45, 2.75) is 97.6 Å². The van der Waals surface area contributed by atoms with Crippen LogP contribution in [0.3, 0.4) is 0 Å². The summed E-state index contributed by atoms with van der Waals surface area (Å²) in [6.07, 6.45) is 9.29. The quantitative estimate of drug-likeness (QED) is 0.454. The van der Waals surface area contributed by atoms with Crippen molar-refractivity contribution in [2.75, 3.05) is 6.61 Å². The van der Waals surface area contributed by atoms with Crippen molar-refractivity contribution in [3.8, 4) is 0 Å². The molecule has 0 aliphatic heterocycles. The number of allylic oxidation sites excluding steroid dienone is 2. The average molecular weight is 503 g/mol. The summed E-state index contributed by atoms with van der Waals surface area (Å²) in [7, 11) is 0. The summed E-state index contributed by atoms with van der Waals surface area (Å²) in [6.45, 7) is 9.23. The highest BCUT2D eigenvalue weighted by Gasteiger charge is 2.65. The standard InChI is InChI=1S/C28H42N2O6/c1-16(2)24(25(33)34)29-23(32)15-36-30-19-8-11-26(4)18(14-19)6-7-20-21(26)9-12-27(5)22(20)10-13-28(27,35)17(3)31/h14,16,20-22,24,35H,6-13,15H2,1-5H3,(H,29,32)(H,33,34)/b30-19-/t20-,21+,22+,24+,26+,27+,28-/m1/s1. The molecule has 0 heterocycles. The van der Waals surface area contributed by atoms with E-state index in [1.807, 2.05) is 0 Å². The maximum absolute atomic E-state index is 12.4. The number of amides is 1. The van der Waals surface area contributed by atoms with Crippen molar-refractivity contribution < 1.29 is 29.4 Å². The van der Waals surface area contributed by atoms with Crippen LogP contribution in [0.15, 0.2) is 16.8 Å². The Balaban J connectivity index is 1.42. The number of rotatable bonds is 7. The number of Topliss-reactive ketones (excluding diaryl/α,β-unsaturated/α-hetero) is 1. The van der Waals surface area contributed by atoms with Crippen LogP contribution in [-0.4, -0.2) is 51.8 Å². The Morgan fingerprint density at radius 3 is 2.44 bits per heavy atom. The second-order valence-electron chi connectivity index (χ2n) is 12.4. The van der Waals surface area contributed by atoms with Crippen molar-refractivity contribution in [2.24, 2.45) is 39.7 Å². The number of carbonyl (C=O) groups excluding carboxylic acids is 2. The summed E-state index contributed by atoms with van der Waals surface area (Å²) >= 11 is 0. The summed E-state index contributed by atoms with van der Waals surface area (Å²) in [5.41, 5.74) is 0.761. The van der Waals surface area contributed by atoms with Gasteiger partial charge in [0.15, 0.2) is 12.4 Å². The van der Waals surface area contributed by atoms with E-state index in [1.165, 1.54) is 5.57 Å². The van der Waals surface area contributed by atoms with E-state index in [9.17, 15) is 24.6 Å². The number of carbonyl (C=O) groups is 3. The molecule has 3 saturated carbocycles. The lowest BCUT2D eigenvalue weighted by Gasteiger charge is -2.59. The number of oxime groups is 1. The number of fused-ring (bicyclic) bond motifs is 5. The lowest BCUT2D eigenvalue weighted by molar-refractivity contribution is -0.159. The predicted molar refractivity (Wildman–Crippen MR) is 135 cm³/mol. The molecule has 0 spiro atoms. The van der Waals surface area contributed by atoms with Gasteiger partial charge in [-0.2, -0.15) is 0 Å². The molecule has 0 radical (unpaired) electrons. The number of carboxylic acid groups (broad SMARTS) is 1. The van der Waals surface area contributed by atoms with Gasteiger partial charge in [0, 0.05) is 5.41 Å². The third-order valence-electron chi connectivity index (χ3n) is 10.3. The highest BCUT2D eigenvalue weighted by Crippen LogP contribution is 2.67. The molecule has 0 unspecified atom stereocenters. The molecule has 36 heavy (non-hydrogen) atoms. The number of aliphatic hydroxyl groups is 1. The summed E-state index contributed by atoms with van der Waals surface area (Å²) in [5.74, 6) is -0.455. The van der Waals surface area contributed by atoms with E-state index in [0.717, 1.165) is 50.7 Å². The molecule has 0 aromatic rings. The minimum Gasteiger partial charge on any atom is -0.480 e. The smallest absolute Gasteiger partial charge is 0.326 e. The number of nitrogens with zero attached hydrogens (tertiary/aromatic N) is 1. The van der Waals surface area contributed by atoms with Crippen molar-refractivity contribution in [1.82, 2.24) is 5.32 Å². The molecule has 1 amide bonds. The minimum absolute atomic E-state index is 0.0730. The summed E-state index contributed by atoms with van der Waals surface area (Å²) in [6, 6.07) is -0.954. The molecule has 0 aromatic carbocycles. The lowest BCUT2D eigenvalue weighted by atomic mass is 9.46. The Kier molecular flexibility index (Phi) is 7.14. The molecule has 3 N–H and O–H groups in total. The Bertz CT molecular complexity index is 989. The van der Waals surface area contributed by atoms with Crippen molar-refractivity contribution in [3.63, 3.8) is 0 Å². The lowest BCUT2D eigenvalue weighted by Crippen LogP contribution is -2.57. The molecule has 4 rings (SSSR count). The van der Waals surface area contributed by atoms with E-state index < -0.39 is 23.5 Å². The van der Waals surface area contributed by atoms with Crippen molar-refractivity contribution in [3.05, 3.63) is 11.6 Å². The van der Waals surface area contributed by atoms with Crippen LogP contribution in [0, 0.1) is 34.5 Å². The second kappa shape index (κ2) is 9.58. The van der Waals surface area contributed by atoms with Gasteiger partial charge < -0.3 is 20.4 Å². The molecule has 0 saturated heterocycles. The molecular formula is C28H42N2O6. The van der Waals surface area contributed by atoms with E-state index in [-0.39, 0.29) is 29.1 Å². The summed E-state index contributed by atoms with van der Waals surface area (Å²) in [4.78, 5) is 41.1. The molecular weight excluding hydrogens is 460 g/mol. The van der Waals surface area contributed by atoms with Crippen LogP contribution in [0.5, 0.6) is 0 Å². The Morgan fingerprint density at radius 1 is 1.11 bits per heavy atom. The molecule has 8 nitrogen and oxygen atoms in total. The zero-order valence-electron chi connectivity index (χ0n) is 22.3. The average Bonchev–Trinajstić information content (AvgIpc) is 3.09. The molecule has 4 aliphatic carbocycles. The molecule has 3 fully saturated rings. The van der Waals surface area contributed by atoms with Gasteiger partial charge in [-0.1, -0.05) is 38.4 Å². The van der Waals surface area contributed by atoms with Crippen LogP contribution in [0.1, 0.15) is 86.0 Å².